The van der Waals surface area contributed by atoms with Gasteiger partial charge in [0.05, 0.1) is 26.4 Å². The zero-order valence-corrected chi connectivity index (χ0v) is 71.1. The van der Waals surface area contributed by atoms with Crippen molar-refractivity contribution in [3.63, 3.8) is 0 Å². The van der Waals surface area contributed by atoms with E-state index in [4.69, 9.17) is 32.3 Å². The lowest BCUT2D eigenvalue weighted by Crippen LogP contribution is -2.30. The molecule has 111 heavy (non-hydrogen) atoms. The molecule has 4 N–H and O–H groups in total. The van der Waals surface area contributed by atoms with Gasteiger partial charge in [-0.05, 0) is 154 Å². The number of carbonyl (C=O) groups is 3. The Bertz CT molecular complexity index is 2750. The van der Waals surface area contributed by atoms with Crippen molar-refractivity contribution >= 4 is 33.6 Å². The number of phosphoric acid groups is 2. The molecule has 0 amide bonds. The molecule has 0 heterocycles. The van der Waals surface area contributed by atoms with Gasteiger partial charge in [0.15, 0.2) is 6.10 Å². The molecule has 0 aromatic heterocycles. The number of aliphatic hydroxyl groups excluding tert-OH is 2. The summed E-state index contributed by atoms with van der Waals surface area (Å²) in [7, 11) is -9.81. The molecular formula is C93H154O16P2. The summed E-state index contributed by atoms with van der Waals surface area (Å²) in [5.74, 6) is -1.61. The Morgan fingerprint density at radius 1 is 0.252 bits per heavy atom. The van der Waals surface area contributed by atoms with Gasteiger partial charge in [-0.15, -0.1) is 0 Å². The predicted molar refractivity (Wildman–Crippen MR) is 463 cm³/mol. The molecule has 0 bridgehead atoms. The number of aliphatic hydroxyl groups is 2. The van der Waals surface area contributed by atoms with Crippen molar-refractivity contribution in [2.24, 2.45) is 0 Å². The third-order valence-electron chi connectivity index (χ3n) is 17.6. The average molecular weight is 1590 g/mol. The summed E-state index contributed by atoms with van der Waals surface area (Å²) in [6.07, 6.45) is 110. The van der Waals surface area contributed by atoms with E-state index in [-0.39, 0.29) is 19.3 Å². The first-order valence-corrected chi connectivity index (χ1v) is 46.1. The molecule has 5 atom stereocenters. The highest BCUT2D eigenvalue weighted by atomic mass is 31.2. The summed E-state index contributed by atoms with van der Waals surface area (Å²) in [6.45, 7) is 2.31. The molecule has 632 valence electrons. The van der Waals surface area contributed by atoms with Crippen molar-refractivity contribution in [2.45, 2.75) is 347 Å². The molecular weight excluding hydrogens is 1430 g/mol. The summed E-state index contributed by atoms with van der Waals surface area (Å²) in [6, 6.07) is 0. The first-order chi connectivity index (χ1) is 54.2. The van der Waals surface area contributed by atoms with E-state index in [0.717, 1.165) is 186 Å². The quantitative estimate of drug-likeness (QED) is 0.0146. The van der Waals surface area contributed by atoms with Crippen LogP contribution in [0.25, 0.3) is 0 Å². The molecule has 0 aromatic rings. The molecule has 0 spiro atoms. The van der Waals surface area contributed by atoms with Gasteiger partial charge in [-0.3, -0.25) is 32.5 Å². The number of rotatable bonds is 80. The minimum absolute atomic E-state index is 0.0761. The van der Waals surface area contributed by atoms with Crippen molar-refractivity contribution in [3.05, 3.63) is 182 Å². The molecule has 0 fully saturated rings. The Morgan fingerprint density at radius 2 is 0.450 bits per heavy atom. The molecule has 5 unspecified atom stereocenters. The fraction of sp³-hybridized carbons (Fsp3) is 0.645. The molecule has 0 radical (unpaired) electrons. The van der Waals surface area contributed by atoms with Crippen LogP contribution in [0.3, 0.4) is 0 Å². The standard InChI is InChI=1S/C93H154O16P2/c1-4-7-10-13-16-19-22-25-28-30-32-34-36-38-39-40-41-42-43-44-45-46-47-49-51-52-54-56-59-61-64-67-70-73-76-79-91(96)103-82-88(94)83-105-110(99,100)106-84-89(95)85-107-111(101,102)108-87-90(109-93(98)81-78-75-72-69-66-63-58-27-24-21-18-15-12-9-6-3)86-104-92(97)80-77-74-71-68-65-62-60-57-55-53-50-48-37-35-33-31-29-26-23-20-17-14-11-8-5-2/h7-12,16-21,25-29,32-35,38-39,41-42,48,50,55,57-58,88-90,94-95H,4-6,13-15,22-24,30-31,36-37,40,43-47,49,51-54,56,59-87H2,1-3H3,(H,99,100)(H,101,102)/b10-7-,11-8-,12-9-,19-16-,20-17-,21-18-,28-25-,29-26-,34-32-,35-33-,39-38-,42-41-,50-48-,57-55-,58-27-. The van der Waals surface area contributed by atoms with Crippen molar-refractivity contribution in [1.82, 2.24) is 0 Å². The van der Waals surface area contributed by atoms with Gasteiger partial charge in [-0.2, -0.15) is 0 Å². The maximum absolute atomic E-state index is 13.0. The Morgan fingerprint density at radius 3 is 0.712 bits per heavy atom. The van der Waals surface area contributed by atoms with Crippen LogP contribution >= 0.6 is 15.6 Å². The van der Waals surface area contributed by atoms with E-state index >= 15 is 0 Å². The molecule has 0 saturated carbocycles. The van der Waals surface area contributed by atoms with Crippen LogP contribution < -0.4 is 0 Å². The van der Waals surface area contributed by atoms with Crippen molar-refractivity contribution in [1.29, 1.82) is 0 Å². The number of carbonyl (C=O) groups excluding carboxylic acids is 3. The summed E-state index contributed by atoms with van der Waals surface area (Å²) in [5, 5.41) is 20.7. The van der Waals surface area contributed by atoms with Gasteiger partial charge in [0, 0.05) is 19.3 Å². The average Bonchev–Trinajstić information content (AvgIpc) is 0.901. The third-order valence-corrected chi connectivity index (χ3v) is 19.5. The van der Waals surface area contributed by atoms with Gasteiger partial charge in [0.25, 0.3) is 0 Å². The molecule has 16 nitrogen and oxygen atoms in total. The minimum Gasteiger partial charge on any atom is -0.463 e. The smallest absolute Gasteiger partial charge is 0.463 e. The fourth-order valence-corrected chi connectivity index (χ4v) is 12.8. The molecule has 18 heteroatoms. The third kappa shape index (κ3) is 85.4. The normalized spacial score (nSPS) is 14.8. The second-order valence-corrected chi connectivity index (χ2v) is 31.1. The first-order valence-electron chi connectivity index (χ1n) is 43.1. The number of hydrogen-bond donors (Lipinski definition) is 4. The van der Waals surface area contributed by atoms with Crippen LogP contribution in [0, 0.1) is 0 Å². The molecule has 0 saturated heterocycles. The number of esters is 3. The van der Waals surface area contributed by atoms with Crippen LogP contribution in [-0.2, 0) is 55.8 Å². The van der Waals surface area contributed by atoms with E-state index in [9.17, 15) is 43.5 Å². The van der Waals surface area contributed by atoms with Gasteiger partial charge >= 0.3 is 33.6 Å². The van der Waals surface area contributed by atoms with E-state index in [1.807, 2.05) is 0 Å². The molecule has 0 rings (SSSR count). The highest BCUT2D eigenvalue weighted by Gasteiger charge is 2.29. The Labute approximate surface area is 675 Å². The van der Waals surface area contributed by atoms with Crippen LogP contribution in [0.1, 0.15) is 329 Å². The number of phosphoric ester groups is 2. The van der Waals surface area contributed by atoms with Gasteiger partial charge in [0.2, 0.25) is 0 Å². The zero-order valence-electron chi connectivity index (χ0n) is 69.3. The summed E-state index contributed by atoms with van der Waals surface area (Å²) >= 11 is 0. The first kappa shape index (κ1) is 106. The number of hydrogen-bond acceptors (Lipinski definition) is 14. The lowest BCUT2D eigenvalue weighted by Gasteiger charge is -2.21. The highest BCUT2D eigenvalue weighted by Crippen LogP contribution is 2.45. The van der Waals surface area contributed by atoms with Gasteiger partial charge in [-0.25, -0.2) is 9.13 Å². The maximum Gasteiger partial charge on any atom is 0.472 e. The zero-order chi connectivity index (χ0) is 80.8. The summed E-state index contributed by atoms with van der Waals surface area (Å²) in [4.78, 5) is 58.8. The topological polar surface area (TPSA) is 231 Å². The Kier molecular flexibility index (Phi) is 80.0. The SMILES string of the molecule is CC/C=C\C/C=C\C/C=C\C/C=C\C/C=C\C/C=C\CCCCCCCCCCCCCCCCCCC(=O)OCC(O)COP(=O)(O)OCC(O)COP(=O)(O)OCC(COC(=O)CCCCCCCC/C=C\C/C=C\C/C=C\C/C=C\C/C=C\C/C=C\CC)OC(=O)CCCCCCC/C=C\C/C=C\C/C=C\CC. The van der Waals surface area contributed by atoms with Crippen LogP contribution in [0.15, 0.2) is 182 Å². The van der Waals surface area contributed by atoms with Crippen LogP contribution in [-0.4, -0.2) is 95.9 Å². The van der Waals surface area contributed by atoms with Gasteiger partial charge in [-0.1, -0.05) is 338 Å². The van der Waals surface area contributed by atoms with Crippen LogP contribution in [0.2, 0.25) is 0 Å². The van der Waals surface area contributed by atoms with E-state index in [1.54, 1.807) is 0 Å². The number of ether oxygens (including phenoxy) is 3. The summed E-state index contributed by atoms with van der Waals surface area (Å²) < 4.78 is 61.2. The largest absolute Gasteiger partial charge is 0.472 e. The van der Waals surface area contributed by atoms with E-state index in [1.165, 1.54) is 83.5 Å². The van der Waals surface area contributed by atoms with Crippen molar-refractivity contribution in [2.75, 3.05) is 39.6 Å². The molecule has 0 aliphatic rings. The molecule has 0 aliphatic heterocycles. The van der Waals surface area contributed by atoms with E-state index in [2.05, 4.69) is 203 Å². The fourth-order valence-electron chi connectivity index (χ4n) is 11.2. The Balaban J connectivity index is 4.48. The van der Waals surface area contributed by atoms with Crippen molar-refractivity contribution < 1.29 is 75.8 Å². The minimum atomic E-state index is -4.95. The van der Waals surface area contributed by atoms with Crippen LogP contribution in [0.5, 0.6) is 0 Å². The number of unbranched alkanes of at least 4 members (excludes halogenated alkanes) is 27. The van der Waals surface area contributed by atoms with Crippen LogP contribution in [0.4, 0.5) is 0 Å². The summed E-state index contributed by atoms with van der Waals surface area (Å²) in [5.41, 5.74) is 0. The lowest BCUT2D eigenvalue weighted by molar-refractivity contribution is -0.161. The maximum atomic E-state index is 13.0. The van der Waals surface area contributed by atoms with Gasteiger partial charge < -0.3 is 34.2 Å². The second-order valence-electron chi connectivity index (χ2n) is 28.2. The van der Waals surface area contributed by atoms with E-state index < -0.39 is 91.5 Å². The lowest BCUT2D eigenvalue weighted by atomic mass is 10.0. The molecule has 0 aromatic carbocycles. The van der Waals surface area contributed by atoms with Gasteiger partial charge in [0.1, 0.15) is 25.4 Å². The van der Waals surface area contributed by atoms with Crippen molar-refractivity contribution in [3.8, 4) is 0 Å². The molecule has 0 aliphatic carbocycles. The number of allylic oxidation sites excluding steroid dienone is 30. The van der Waals surface area contributed by atoms with E-state index in [0.29, 0.717) is 19.3 Å². The highest BCUT2D eigenvalue weighted by molar-refractivity contribution is 7.47. The second kappa shape index (κ2) is 84.1. The Hall–Kier alpha value is -5.35. The monoisotopic (exact) mass is 1590 g/mol. The predicted octanol–water partition coefficient (Wildman–Crippen LogP) is 26.1.